The van der Waals surface area contributed by atoms with Gasteiger partial charge in [0.2, 0.25) is 21.7 Å². The Morgan fingerprint density at radius 2 is 2.07 bits per heavy atom. The van der Waals surface area contributed by atoms with E-state index in [1.807, 2.05) is 0 Å². The van der Waals surface area contributed by atoms with Gasteiger partial charge >= 0.3 is 0 Å². The first-order chi connectivity index (χ1) is 12.9. The standard InChI is InChI=1S/C15H12N6O5S/c22-21(23)11-2-1-3-12(6-11)27(24,25)20-8-10(9-20)15-18-14(19-26-15)13-7-16-4-5-17-13/h1-7,10H,8-9H2. The number of benzene rings is 1. The first-order valence-corrected chi connectivity index (χ1v) is 9.24. The van der Waals surface area contributed by atoms with E-state index in [9.17, 15) is 18.5 Å². The maximum Gasteiger partial charge on any atom is 0.270 e. The lowest BCUT2D eigenvalue weighted by Gasteiger charge is -2.35. The predicted molar refractivity (Wildman–Crippen MR) is 89.9 cm³/mol. The molecule has 0 bridgehead atoms. The number of non-ortho nitro benzene ring substituents is 1. The molecule has 1 aliphatic heterocycles. The van der Waals surface area contributed by atoms with E-state index in [1.165, 1.54) is 41.1 Å². The van der Waals surface area contributed by atoms with Crippen LogP contribution in [0.15, 0.2) is 52.3 Å². The Hall–Kier alpha value is -3.25. The molecule has 0 N–H and O–H groups in total. The second-order valence-corrected chi connectivity index (χ2v) is 7.76. The molecule has 4 rings (SSSR count). The zero-order valence-corrected chi connectivity index (χ0v) is 14.5. The molecule has 0 unspecified atom stereocenters. The van der Waals surface area contributed by atoms with Crippen LogP contribution in [0.4, 0.5) is 5.69 Å². The molecule has 1 saturated heterocycles. The SMILES string of the molecule is O=[N+]([O-])c1cccc(S(=O)(=O)N2CC(c3nc(-c4cnccn4)no3)C2)c1. The lowest BCUT2D eigenvalue weighted by molar-refractivity contribution is -0.385. The van der Waals surface area contributed by atoms with E-state index in [2.05, 4.69) is 20.1 Å². The first kappa shape index (κ1) is 17.2. The number of nitro groups is 1. The highest BCUT2D eigenvalue weighted by Gasteiger charge is 2.40. The summed E-state index contributed by atoms with van der Waals surface area (Å²) in [5, 5.41) is 14.7. The summed E-state index contributed by atoms with van der Waals surface area (Å²) in [6.45, 7) is 0.292. The minimum absolute atomic E-state index is 0.124. The van der Waals surface area contributed by atoms with Crippen molar-refractivity contribution < 1.29 is 17.9 Å². The van der Waals surface area contributed by atoms with Crippen molar-refractivity contribution >= 4 is 15.7 Å². The highest BCUT2D eigenvalue weighted by atomic mass is 32.2. The fourth-order valence-electron chi connectivity index (χ4n) is 2.62. The zero-order valence-electron chi connectivity index (χ0n) is 13.7. The van der Waals surface area contributed by atoms with E-state index in [-0.39, 0.29) is 35.4 Å². The third-order valence-corrected chi connectivity index (χ3v) is 5.93. The van der Waals surface area contributed by atoms with Crippen LogP contribution in [-0.2, 0) is 10.0 Å². The van der Waals surface area contributed by atoms with Crippen LogP contribution in [-0.4, -0.2) is 50.8 Å². The van der Waals surface area contributed by atoms with Crippen molar-refractivity contribution in [2.24, 2.45) is 0 Å². The maximum atomic E-state index is 12.6. The number of nitro benzene ring substituents is 1. The quantitative estimate of drug-likeness (QED) is 0.465. The monoisotopic (exact) mass is 388 g/mol. The van der Waals surface area contributed by atoms with Crippen LogP contribution < -0.4 is 0 Å². The Bertz CT molecular complexity index is 1090. The van der Waals surface area contributed by atoms with Crippen molar-refractivity contribution in [3.8, 4) is 11.5 Å². The maximum absolute atomic E-state index is 12.6. The van der Waals surface area contributed by atoms with E-state index < -0.39 is 14.9 Å². The summed E-state index contributed by atoms with van der Waals surface area (Å²) in [7, 11) is -3.83. The molecule has 11 nitrogen and oxygen atoms in total. The van der Waals surface area contributed by atoms with Crippen LogP contribution in [0.2, 0.25) is 0 Å². The van der Waals surface area contributed by atoms with Gasteiger partial charge < -0.3 is 4.52 Å². The van der Waals surface area contributed by atoms with Crippen LogP contribution in [0.3, 0.4) is 0 Å². The Morgan fingerprint density at radius 3 is 2.78 bits per heavy atom. The topological polar surface area (TPSA) is 145 Å². The molecule has 138 valence electrons. The summed E-state index contributed by atoms with van der Waals surface area (Å²) in [5.41, 5.74) is 0.173. The molecule has 0 atom stereocenters. The smallest absolute Gasteiger partial charge is 0.270 e. The molecule has 2 aromatic heterocycles. The Labute approximate surface area is 152 Å². The molecule has 3 heterocycles. The Balaban J connectivity index is 1.48. The van der Waals surface area contributed by atoms with Gasteiger partial charge in [0.15, 0.2) is 0 Å². The van der Waals surface area contributed by atoms with Crippen molar-refractivity contribution in [1.29, 1.82) is 0 Å². The van der Waals surface area contributed by atoms with Gasteiger partial charge in [-0.2, -0.15) is 9.29 Å². The van der Waals surface area contributed by atoms with Crippen molar-refractivity contribution in [1.82, 2.24) is 24.4 Å². The summed E-state index contributed by atoms with van der Waals surface area (Å²) in [6.07, 6.45) is 4.52. The minimum Gasteiger partial charge on any atom is -0.339 e. The number of hydrogen-bond donors (Lipinski definition) is 0. The molecule has 27 heavy (non-hydrogen) atoms. The zero-order chi connectivity index (χ0) is 19.0. The molecular weight excluding hydrogens is 376 g/mol. The van der Waals surface area contributed by atoms with Gasteiger partial charge in [-0.3, -0.25) is 15.1 Å². The molecule has 0 aliphatic carbocycles. The molecule has 0 saturated carbocycles. The van der Waals surface area contributed by atoms with Crippen LogP contribution in [0, 0.1) is 10.1 Å². The average molecular weight is 388 g/mol. The fraction of sp³-hybridized carbons (Fsp3) is 0.200. The highest BCUT2D eigenvalue weighted by molar-refractivity contribution is 7.89. The highest BCUT2D eigenvalue weighted by Crippen LogP contribution is 2.32. The van der Waals surface area contributed by atoms with Crippen molar-refractivity contribution in [3.63, 3.8) is 0 Å². The summed E-state index contributed by atoms with van der Waals surface area (Å²) >= 11 is 0. The van der Waals surface area contributed by atoms with Gasteiger partial charge in [0, 0.05) is 37.6 Å². The van der Waals surface area contributed by atoms with E-state index in [0.717, 1.165) is 6.07 Å². The van der Waals surface area contributed by atoms with Gasteiger partial charge in [0.1, 0.15) is 5.69 Å². The fourth-order valence-corrected chi connectivity index (χ4v) is 4.19. The molecular formula is C15H12N6O5S. The number of aromatic nitrogens is 4. The number of sulfonamides is 1. The third-order valence-electron chi connectivity index (χ3n) is 4.10. The number of nitrogens with zero attached hydrogens (tertiary/aromatic N) is 6. The lowest BCUT2D eigenvalue weighted by atomic mass is 10.0. The predicted octanol–water partition coefficient (Wildman–Crippen LogP) is 1.22. The van der Waals surface area contributed by atoms with Crippen molar-refractivity contribution in [3.05, 3.63) is 58.9 Å². The molecule has 1 aromatic carbocycles. The average Bonchev–Trinajstić information content (AvgIpc) is 3.10. The second kappa shape index (κ2) is 6.48. The Morgan fingerprint density at radius 1 is 1.26 bits per heavy atom. The van der Waals surface area contributed by atoms with E-state index >= 15 is 0 Å². The van der Waals surface area contributed by atoms with Gasteiger partial charge in [-0.05, 0) is 6.07 Å². The van der Waals surface area contributed by atoms with Crippen molar-refractivity contribution in [2.45, 2.75) is 10.8 Å². The first-order valence-electron chi connectivity index (χ1n) is 7.80. The van der Waals surface area contributed by atoms with Gasteiger partial charge in [0.05, 0.1) is 21.9 Å². The van der Waals surface area contributed by atoms with E-state index in [0.29, 0.717) is 11.6 Å². The molecule has 12 heteroatoms. The molecule has 0 amide bonds. The lowest BCUT2D eigenvalue weighted by Crippen LogP contribution is -2.48. The number of rotatable bonds is 5. The van der Waals surface area contributed by atoms with Gasteiger partial charge in [-0.1, -0.05) is 11.2 Å². The molecule has 0 radical (unpaired) electrons. The van der Waals surface area contributed by atoms with Crippen LogP contribution in [0.5, 0.6) is 0 Å². The van der Waals surface area contributed by atoms with Crippen LogP contribution >= 0.6 is 0 Å². The summed E-state index contributed by atoms with van der Waals surface area (Å²) in [5.74, 6) is 0.329. The Kier molecular flexibility index (Phi) is 4.12. The summed E-state index contributed by atoms with van der Waals surface area (Å²) in [6, 6.07) is 4.95. The van der Waals surface area contributed by atoms with Gasteiger partial charge in [-0.25, -0.2) is 13.4 Å². The molecule has 1 fully saturated rings. The minimum atomic E-state index is -3.83. The normalized spacial score (nSPS) is 15.4. The second-order valence-electron chi connectivity index (χ2n) is 5.82. The van der Waals surface area contributed by atoms with E-state index in [1.54, 1.807) is 0 Å². The van der Waals surface area contributed by atoms with E-state index in [4.69, 9.17) is 4.52 Å². The summed E-state index contributed by atoms with van der Waals surface area (Å²) in [4.78, 5) is 22.3. The van der Waals surface area contributed by atoms with Crippen LogP contribution in [0.1, 0.15) is 11.8 Å². The van der Waals surface area contributed by atoms with Gasteiger partial charge in [0.25, 0.3) is 5.69 Å². The van der Waals surface area contributed by atoms with Crippen LogP contribution in [0.25, 0.3) is 11.5 Å². The third kappa shape index (κ3) is 3.15. The molecule has 3 aromatic rings. The van der Waals surface area contributed by atoms with Crippen molar-refractivity contribution in [2.75, 3.05) is 13.1 Å². The summed E-state index contributed by atoms with van der Waals surface area (Å²) < 4.78 is 31.6. The number of hydrogen-bond acceptors (Lipinski definition) is 9. The molecule has 0 spiro atoms. The molecule has 1 aliphatic rings. The van der Waals surface area contributed by atoms with Gasteiger partial charge in [-0.15, -0.1) is 0 Å². The largest absolute Gasteiger partial charge is 0.339 e.